The van der Waals surface area contributed by atoms with Crippen LogP contribution < -0.4 is 10.1 Å². The fraction of sp³-hybridized carbons (Fsp3) is 0.350. The van der Waals surface area contributed by atoms with E-state index in [-0.39, 0.29) is 35.7 Å². The Kier molecular flexibility index (Phi) is 9.03. The molecule has 0 aliphatic carbocycles. The summed E-state index contributed by atoms with van der Waals surface area (Å²) in [5, 5.41) is 13.6. The first-order valence-electron chi connectivity index (χ1n) is 9.92. The molecule has 0 aliphatic heterocycles. The quantitative estimate of drug-likeness (QED) is 0.303. The van der Waals surface area contributed by atoms with Crippen LogP contribution in [0.3, 0.4) is 0 Å². The molecule has 1 amide bonds. The van der Waals surface area contributed by atoms with Crippen molar-refractivity contribution in [2.24, 2.45) is 0 Å². The summed E-state index contributed by atoms with van der Waals surface area (Å²) < 4.78 is 25.6. The van der Waals surface area contributed by atoms with Gasteiger partial charge in [-0.2, -0.15) is 0 Å². The van der Waals surface area contributed by atoms with Crippen LogP contribution in [0.5, 0.6) is 5.75 Å². The average Bonchev–Trinajstić information content (AvgIpc) is 3.39. The van der Waals surface area contributed by atoms with Gasteiger partial charge in [0.05, 0.1) is 29.5 Å². The largest absolute Gasteiger partial charge is 0.486 e. The van der Waals surface area contributed by atoms with E-state index in [2.05, 4.69) is 20.5 Å². The van der Waals surface area contributed by atoms with Gasteiger partial charge in [0, 0.05) is 18.0 Å². The summed E-state index contributed by atoms with van der Waals surface area (Å²) in [6, 6.07) is 4.09. The Balaban J connectivity index is 1.52. The fourth-order valence-corrected chi connectivity index (χ4v) is 4.37. The maximum atomic E-state index is 13.3. The molecule has 0 saturated carbocycles. The Morgan fingerprint density at radius 1 is 1.30 bits per heavy atom. The van der Waals surface area contributed by atoms with Gasteiger partial charge in [0.2, 0.25) is 5.91 Å². The molecule has 33 heavy (non-hydrogen) atoms. The summed E-state index contributed by atoms with van der Waals surface area (Å²) in [6.07, 6.45) is 0.0591. The van der Waals surface area contributed by atoms with Crippen molar-refractivity contribution in [3.05, 3.63) is 45.9 Å². The first-order chi connectivity index (χ1) is 15.9. The number of anilines is 1. The number of nitrogens with zero attached hydrogens (tertiary/aromatic N) is 4. The summed E-state index contributed by atoms with van der Waals surface area (Å²) in [6.45, 7) is 4.65. The minimum absolute atomic E-state index is 0.0278. The number of hydrogen-bond acceptors (Lipinski definition) is 9. The maximum Gasteiger partial charge on any atom is 0.311 e. The number of benzene rings is 1. The van der Waals surface area contributed by atoms with E-state index < -0.39 is 5.82 Å². The van der Waals surface area contributed by atoms with E-state index in [4.69, 9.17) is 21.1 Å². The van der Waals surface area contributed by atoms with E-state index in [0.29, 0.717) is 40.7 Å². The molecule has 2 aromatic heterocycles. The Labute approximate surface area is 202 Å². The van der Waals surface area contributed by atoms with Crippen LogP contribution in [-0.2, 0) is 33.9 Å². The van der Waals surface area contributed by atoms with Crippen LogP contribution in [0.25, 0.3) is 0 Å². The van der Waals surface area contributed by atoms with Gasteiger partial charge in [-0.1, -0.05) is 23.4 Å². The van der Waals surface area contributed by atoms with Gasteiger partial charge in [0.1, 0.15) is 18.2 Å². The van der Waals surface area contributed by atoms with E-state index in [9.17, 15) is 14.0 Å². The van der Waals surface area contributed by atoms with E-state index in [1.807, 2.05) is 11.5 Å². The lowest BCUT2D eigenvalue weighted by Crippen LogP contribution is -2.15. The summed E-state index contributed by atoms with van der Waals surface area (Å²) in [4.78, 5) is 28.1. The first-order valence-corrected chi connectivity index (χ1v) is 12.2. The number of aromatic nitrogens is 4. The van der Waals surface area contributed by atoms with Crippen LogP contribution in [0, 0.1) is 5.82 Å². The van der Waals surface area contributed by atoms with Crippen molar-refractivity contribution in [1.29, 1.82) is 0 Å². The summed E-state index contributed by atoms with van der Waals surface area (Å²) in [5.74, 6) is -0.0836. The lowest BCUT2D eigenvalue weighted by molar-refractivity contribution is -0.142. The number of amides is 1. The topological polar surface area (TPSA) is 108 Å². The summed E-state index contributed by atoms with van der Waals surface area (Å²) in [5.41, 5.74) is 0.541. The van der Waals surface area contributed by atoms with Crippen molar-refractivity contribution in [3.8, 4) is 5.75 Å². The molecule has 176 valence electrons. The number of hydrogen-bond donors (Lipinski definition) is 1. The molecular formula is C20H21ClFN5O4S2. The Bertz CT molecular complexity index is 1120. The van der Waals surface area contributed by atoms with Gasteiger partial charge >= 0.3 is 5.97 Å². The standard InChI is InChI=1S/C20H21ClFN5O4S2/c1-3-27-16(9-31-13-5-6-15(22)14(21)8-13)25-26-20(27)33-11-17(28)24-19-23-12(10-32-19)7-18(29)30-4-2/h5-6,8,10H,3-4,7,9,11H2,1-2H3,(H,23,24,28). The lowest BCUT2D eigenvalue weighted by atomic mass is 10.3. The maximum absolute atomic E-state index is 13.3. The van der Waals surface area contributed by atoms with E-state index in [1.54, 1.807) is 12.3 Å². The molecule has 13 heteroatoms. The third-order valence-corrected chi connectivity index (χ3v) is 6.19. The molecule has 0 aliphatic rings. The minimum atomic E-state index is -0.523. The second-order valence-electron chi connectivity index (χ2n) is 6.47. The zero-order valence-electron chi connectivity index (χ0n) is 17.8. The molecule has 3 aromatic rings. The summed E-state index contributed by atoms with van der Waals surface area (Å²) in [7, 11) is 0. The van der Waals surface area contributed by atoms with Gasteiger partial charge in [-0.15, -0.1) is 21.5 Å². The van der Waals surface area contributed by atoms with Crippen molar-refractivity contribution in [1.82, 2.24) is 19.7 Å². The van der Waals surface area contributed by atoms with Gasteiger partial charge in [-0.05, 0) is 26.0 Å². The van der Waals surface area contributed by atoms with Crippen LogP contribution in [0.15, 0.2) is 28.7 Å². The molecular weight excluding hydrogens is 493 g/mol. The van der Waals surface area contributed by atoms with Crippen molar-refractivity contribution in [3.63, 3.8) is 0 Å². The Morgan fingerprint density at radius 3 is 2.85 bits per heavy atom. The monoisotopic (exact) mass is 513 g/mol. The van der Waals surface area contributed by atoms with Gasteiger partial charge in [0.25, 0.3) is 0 Å². The number of thioether (sulfide) groups is 1. The number of rotatable bonds is 11. The molecule has 1 aromatic carbocycles. The Hall–Kier alpha value is -2.70. The van der Waals surface area contributed by atoms with E-state index in [1.165, 1.54) is 41.3 Å². The fourth-order valence-electron chi connectivity index (χ4n) is 2.66. The first kappa shape index (κ1) is 24.9. The van der Waals surface area contributed by atoms with Gasteiger partial charge in [0.15, 0.2) is 16.1 Å². The molecule has 3 rings (SSSR count). The average molecular weight is 514 g/mol. The molecule has 0 saturated heterocycles. The zero-order valence-corrected chi connectivity index (χ0v) is 20.2. The number of halogens is 2. The van der Waals surface area contributed by atoms with Gasteiger partial charge in [-0.3, -0.25) is 9.59 Å². The van der Waals surface area contributed by atoms with Crippen molar-refractivity contribution in [2.75, 3.05) is 17.7 Å². The second kappa shape index (κ2) is 12.0. The van der Waals surface area contributed by atoms with Crippen LogP contribution in [-0.4, -0.2) is 44.0 Å². The molecule has 0 radical (unpaired) electrons. The predicted octanol–water partition coefficient (Wildman–Crippen LogP) is 3.96. The molecule has 0 bridgehead atoms. The van der Waals surface area contributed by atoms with E-state index in [0.717, 1.165) is 0 Å². The minimum Gasteiger partial charge on any atom is -0.486 e. The highest BCUT2D eigenvalue weighted by Crippen LogP contribution is 2.23. The Morgan fingerprint density at radius 2 is 2.12 bits per heavy atom. The second-order valence-corrected chi connectivity index (χ2v) is 8.68. The van der Waals surface area contributed by atoms with Crippen LogP contribution in [0.4, 0.5) is 9.52 Å². The van der Waals surface area contributed by atoms with Crippen LogP contribution >= 0.6 is 34.7 Å². The summed E-state index contributed by atoms with van der Waals surface area (Å²) >= 11 is 8.23. The molecule has 0 atom stereocenters. The number of carbonyl (C=O) groups is 2. The van der Waals surface area contributed by atoms with E-state index >= 15 is 0 Å². The number of esters is 1. The number of ether oxygens (including phenoxy) is 2. The SMILES string of the molecule is CCOC(=O)Cc1csc(NC(=O)CSc2nnc(COc3ccc(F)c(Cl)c3)n2CC)n1. The van der Waals surface area contributed by atoms with Crippen molar-refractivity contribution < 1.29 is 23.5 Å². The number of carbonyl (C=O) groups excluding carboxylic acids is 2. The highest BCUT2D eigenvalue weighted by Gasteiger charge is 2.15. The van der Waals surface area contributed by atoms with Crippen molar-refractivity contribution >= 4 is 51.7 Å². The zero-order chi connectivity index (χ0) is 23.8. The molecule has 0 unspecified atom stereocenters. The molecule has 0 spiro atoms. The molecule has 9 nitrogen and oxygen atoms in total. The molecule has 2 heterocycles. The van der Waals surface area contributed by atoms with Gasteiger partial charge < -0.3 is 19.4 Å². The normalized spacial score (nSPS) is 10.8. The van der Waals surface area contributed by atoms with Crippen LogP contribution in [0.1, 0.15) is 25.4 Å². The molecule has 0 fully saturated rings. The van der Waals surface area contributed by atoms with Gasteiger partial charge in [-0.25, -0.2) is 9.37 Å². The molecule has 1 N–H and O–H groups in total. The highest BCUT2D eigenvalue weighted by atomic mass is 35.5. The predicted molar refractivity (Wildman–Crippen MR) is 123 cm³/mol. The third-order valence-electron chi connectivity index (χ3n) is 4.13. The van der Waals surface area contributed by atoms with Crippen molar-refractivity contribution in [2.45, 2.75) is 38.6 Å². The number of nitrogens with one attached hydrogen (secondary N) is 1. The number of thiazole rings is 1. The van der Waals surface area contributed by atoms with Crippen LogP contribution in [0.2, 0.25) is 5.02 Å². The third kappa shape index (κ3) is 7.14. The highest BCUT2D eigenvalue weighted by molar-refractivity contribution is 7.99. The lowest BCUT2D eigenvalue weighted by Gasteiger charge is -2.09. The smallest absolute Gasteiger partial charge is 0.311 e.